The number of hydrogen-bond donors (Lipinski definition) is 0. The van der Waals surface area contributed by atoms with Gasteiger partial charge in [-0.3, -0.25) is 4.79 Å². The molecule has 114 valence electrons. The van der Waals surface area contributed by atoms with E-state index in [0.29, 0.717) is 17.8 Å². The molecule has 0 unspecified atom stereocenters. The fraction of sp³-hybridized carbons (Fsp3) is 0.214. The third-order valence-electron chi connectivity index (χ3n) is 3.31. The van der Waals surface area contributed by atoms with Crippen LogP contribution >= 0.6 is 27.7 Å². The number of hydrogen-bond acceptors (Lipinski definition) is 4. The highest BCUT2D eigenvalue weighted by molar-refractivity contribution is 9.10. The summed E-state index contributed by atoms with van der Waals surface area (Å²) >= 11 is 4.51. The van der Waals surface area contributed by atoms with Gasteiger partial charge in [0.05, 0.1) is 6.54 Å². The van der Waals surface area contributed by atoms with Crippen LogP contribution in [0, 0.1) is 12.7 Å². The summed E-state index contributed by atoms with van der Waals surface area (Å²) in [6.45, 7) is 2.25. The summed E-state index contributed by atoms with van der Waals surface area (Å²) in [4.78, 5) is 16.0. The molecule has 0 saturated heterocycles. The maximum absolute atomic E-state index is 13.6. The second-order valence-corrected chi connectivity index (χ2v) is 6.36. The first kappa shape index (κ1) is 15.2. The van der Waals surface area contributed by atoms with Gasteiger partial charge in [-0.15, -0.1) is 11.8 Å². The molecule has 0 amide bonds. The summed E-state index contributed by atoms with van der Waals surface area (Å²) in [5.74, 6) is -0.412. The molecule has 0 aliphatic carbocycles. The fourth-order valence-electron chi connectivity index (χ4n) is 2.24. The first-order valence-electron chi connectivity index (χ1n) is 6.43. The van der Waals surface area contributed by atoms with Crippen LogP contribution in [0.4, 0.5) is 4.39 Å². The number of pyridine rings is 1. The molecule has 0 bridgehead atoms. The summed E-state index contributed by atoms with van der Waals surface area (Å²) < 4.78 is 17.1. The standard InChI is InChI=1S/C14H12BrFN4OS/c1-8-3-13(21)20-12(5-11(18-20)22-2)19(8)7-9-4-10(16)14(15)17-6-9/h3-6H,7H2,1-2H3. The third kappa shape index (κ3) is 2.68. The molecule has 3 aromatic heterocycles. The number of nitrogens with zero attached hydrogens (tertiary/aromatic N) is 4. The van der Waals surface area contributed by atoms with Gasteiger partial charge in [-0.1, -0.05) is 0 Å². The Labute approximate surface area is 138 Å². The molecule has 22 heavy (non-hydrogen) atoms. The minimum atomic E-state index is -0.412. The Morgan fingerprint density at radius 1 is 1.36 bits per heavy atom. The largest absolute Gasteiger partial charge is 0.326 e. The first-order valence-corrected chi connectivity index (χ1v) is 8.45. The molecule has 3 aromatic rings. The topological polar surface area (TPSA) is 52.2 Å². The van der Waals surface area contributed by atoms with E-state index in [1.165, 1.54) is 28.4 Å². The smallest absolute Gasteiger partial charge is 0.274 e. The maximum atomic E-state index is 13.6. The van der Waals surface area contributed by atoms with Crippen LogP contribution in [0.15, 0.2) is 38.8 Å². The first-order chi connectivity index (χ1) is 10.5. The molecular weight excluding hydrogens is 371 g/mol. The molecule has 3 rings (SSSR count). The molecule has 0 spiro atoms. The highest BCUT2D eigenvalue weighted by atomic mass is 79.9. The van der Waals surface area contributed by atoms with Crippen molar-refractivity contribution in [1.29, 1.82) is 0 Å². The van der Waals surface area contributed by atoms with E-state index in [1.807, 2.05) is 23.8 Å². The zero-order chi connectivity index (χ0) is 15.9. The summed E-state index contributed by atoms with van der Waals surface area (Å²) in [5.41, 5.74) is 2.00. The van der Waals surface area contributed by atoms with Gasteiger partial charge in [0.15, 0.2) is 5.82 Å². The van der Waals surface area contributed by atoms with Crippen molar-refractivity contribution in [3.63, 3.8) is 0 Å². The summed E-state index contributed by atoms with van der Waals surface area (Å²) in [6.07, 6.45) is 3.50. The van der Waals surface area contributed by atoms with Crippen molar-refractivity contribution in [2.45, 2.75) is 18.5 Å². The molecule has 5 nitrogen and oxygen atoms in total. The lowest BCUT2D eigenvalue weighted by Gasteiger charge is -2.12. The minimum Gasteiger partial charge on any atom is -0.326 e. The van der Waals surface area contributed by atoms with Crippen LogP contribution < -0.4 is 5.56 Å². The van der Waals surface area contributed by atoms with Gasteiger partial charge in [0.25, 0.3) is 5.56 Å². The van der Waals surface area contributed by atoms with Crippen molar-refractivity contribution in [1.82, 2.24) is 19.2 Å². The molecule has 0 aromatic carbocycles. The highest BCUT2D eigenvalue weighted by Crippen LogP contribution is 2.18. The predicted octanol–water partition coefficient (Wildman–Crippen LogP) is 2.87. The van der Waals surface area contributed by atoms with Crippen LogP contribution in [0.5, 0.6) is 0 Å². The fourth-order valence-corrected chi connectivity index (χ4v) is 2.84. The predicted molar refractivity (Wildman–Crippen MR) is 87.0 cm³/mol. The summed E-state index contributed by atoms with van der Waals surface area (Å²) in [5, 5.41) is 5.02. The number of aryl methyl sites for hydroxylation is 1. The average molecular weight is 383 g/mol. The van der Waals surface area contributed by atoms with Gasteiger partial charge >= 0.3 is 0 Å². The van der Waals surface area contributed by atoms with Crippen molar-refractivity contribution in [2.75, 3.05) is 6.26 Å². The second-order valence-electron chi connectivity index (χ2n) is 4.78. The van der Waals surface area contributed by atoms with Crippen LogP contribution in [0.3, 0.4) is 0 Å². The zero-order valence-electron chi connectivity index (χ0n) is 11.9. The summed E-state index contributed by atoms with van der Waals surface area (Å²) in [6, 6.07) is 4.80. The quantitative estimate of drug-likeness (QED) is 0.516. The Kier molecular flexibility index (Phi) is 4.05. The van der Waals surface area contributed by atoms with Crippen LogP contribution in [0.25, 0.3) is 5.65 Å². The Balaban J connectivity index is 2.15. The Morgan fingerprint density at radius 2 is 2.14 bits per heavy atom. The Bertz CT molecular complexity index is 921. The van der Waals surface area contributed by atoms with Crippen molar-refractivity contribution in [3.05, 3.63) is 56.4 Å². The van der Waals surface area contributed by atoms with E-state index in [4.69, 9.17) is 0 Å². The molecule has 0 atom stereocenters. The van der Waals surface area contributed by atoms with Crippen LogP contribution in [-0.2, 0) is 6.54 Å². The molecule has 3 heterocycles. The maximum Gasteiger partial charge on any atom is 0.274 e. The van der Waals surface area contributed by atoms with Crippen molar-refractivity contribution >= 4 is 33.3 Å². The van der Waals surface area contributed by atoms with Gasteiger partial charge in [-0.2, -0.15) is 9.61 Å². The SMILES string of the molecule is CSc1cc2n(Cc3cnc(Br)c(F)c3)c(C)cc(=O)n2n1. The number of rotatable bonds is 3. The van der Waals surface area contributed by atoms with Crippen LogP contribution in [0.2, 0.25) is 0 Å². The van der Waals surface area contributed by atoms with Gasteiger partial charge in [0.1, 0.15) is 15.3 Å². The number of thioether (sulfide) groups is 1. The monoisotopic (exact) mass is 382 g/mol. The lowest BCUT2D eigenvalue weighted by molar-refractivity contribution is 0.607. The molecule has 0 aliphatic rings. The molecule has 0 aliphatic heterocycles. The van der Waals surface area contributed by atoms with Crippen molar-refractivity contribution < 1.29 is 4.39 Å². The Hall–Kier alpha value is -1.67. The normalized spacial score (nSPS) is 11.3. The molecular formula is C14H12BrFN4OS. The average Bonchev–Trinajstić information content (AvgIpc) is 2.92. The third-order valence-corrected chi connectivity index (χ3v) is 4.52. The molecule has 8 heteroatoms. The van der Waals surface area contributed by atoms with E-state index in [1.54, 1.807) is 6.20 Å². The number of fused-ring (bicyclic) bond motifs is 1. The molecule has 0 N–H and O–H groups in total. The molecule has 0 radical (unpaired) electrons. The van der Waals surface area contributed by atoms with E-state index >= 15 is 0 Å². The number of aromatic nitrogens is 4. The summed E-state index contributed by atoms with van der Waals surface area (Å²) in [7, 11) is 0. The van der Waals surface area contributed by atoms with E-state index in [0.717, 1.165) is 10.7 Å². The van der Waals surface area contributed by atoms with Gasteiger partial charge in [-0.05, 0) is 40.7 Å². The van der Waals surface area contributed by atoms with E-state index in [-0.39, 0.29) is 10.2 Å². The molecule has 0 fully saturated rings. The van der Waals surface area contributed by atoms with Crippen molar-refractivity contribution in [3.8, 4) is 0 Å². The second kappa shape index (κ2) is 5.85. The van der Waals surface area contributed by atoms with Gasteiger partial charge < -0.3 is 4.57 Å². The van der Waals surface area contributed by atoms with Crippen molar-refractivity contribution in [2.24, 2.45) is 0 Å². The van der Waals surface area contributed by atoms with Gasteiger partial charge in [0.2, 0.25) is 0 Å². The van der Waals surface area contributed by atoms with E-state index in [2.05, 4.69) is 26.0 Å². The zero-order valence-corrected chi connectivity index (χ0v) is 14.3. The number of halogens is 2. The minimum absolute atomic E-state index is 0.177. The lowest BCUT2D eigenvalue weighted by atomic mass is 10.2. The molecule has 0 saturated carbocycles. The van der Waals surface area contributed by atoms with Gasteiger partial charge in [-0.25, -0.2) is 9.37 Å². The highest BCUT2D eigenvalue weighted by Gasteiger charge is 2.11. The van der Waals surface area contributed by atoms with E-state index in [9.17, 15) is 9.18 Å². The lowest BCUT2D eigenvalue weighted by Crippen LogP contribution is -2.20. The Morgan fingerprint density at radius 3 is 2.82 bits per heavy atom. The van der Waals surface area contributed by atoms with Crippen LogP contribution in [-0.4, -0.2) is 25.4 Å². The van der Waals surface area contributed by atoms with E-state index < -0.39 is 5.82 Å². The van der Waals surface area contributed by atoms with Crippen LogP contribution in [0.1, 0.15) is 11.3 Å². The van der Waals surface area contributed by atoms with Gasteiger partial charge in [0, 0.05) is 24.0 Å².